The molecule has 3 heteroatoms. The summed E-state index contributed by atoms with van der Waals surface area (Å²) >= 11 is 0. The van der Waals surface area contributed by atoms with Gasteiger partial charge in [-0.15, -0.1) is 0 Å². The maximum Gasteiger partial charge on any atom is 0.302 e. The van der Waals surface area contributed by atoms with Crippen LogP contribution in [0.15, 0.2) is 36.4 Å². The largest absolute Gasteiger partial charge is 0.465 e. The average molecular weight is 556 g/mol. The van der Waals surface area contributed by atoms with Gasteiger partial charge in [0.15, 0.2) is 0 Å². The number of aromatic nitrogens is 1. The third-order valence-electron chi connectivity index (χ3n) is 15.0. The van der Waals surface area contributed by atoms with Gasteiger partial charge < -0.3 is 9.72 Å². The molecule has 0 spiro atoms. The lowest BCUT2D eigenvalue weighted by molar-refractivity contribution is -0.229. The smallest absolute Gasteiger partial charge is 0.302 e. The van der Waals surface area contributed by atoms with Gasteiger partial charge in [0.2, 0.25) is 0 Å². The van der Waals surface area contributed by atoms with Crippen LogP contribution in [0.5, 0.6) is 0 Å². The van der Waals surface area contributed by atoms with Gasteiger partial charge in [-0.1, -0.05) is 65.0 Å². The van der Waals surface area contributed by atoms with Crippen molar-refractivity contribution in [1.29, 1.82) is 0 Å². The highest BCUT2D eigenvalue weighted by Gasteiger charge is 2.71. The monoisotopic (exact) mass is 555 g/mol. The lowest BCUT2D eigenvalue weighted by Gasteiger charge is -2.72. The molecule has 5 aliphatic carbocycles. The predicted octanol–water partition coefficient (Wildman–Crippen LogP) is 9.40. The zero-order valence-electron chi connectivity index (χ0n) is 26.8. The maximum absolute atomic E-state index is 12.0. The molecule has 1 N–H and O–H groups in total. The number of hydrogen-bond acceptors (Lipinski definition) is 2. The van der Waals surface area contributed by atoms with E-state index in [2.05, 4.69) is 77.4 Å². The maximum atomic E-state index is 12.0. The van der Waals surface area contributed by atoms with Gasteiger partial charge in [0.05, 0.1) is 6.61 Å². The first kappa shape index (κ1) is 27.8. The Morgan fingerprint density at radius 1 is 0.927 bits per heavy atom. The van der Waals surface area contributed by atoms with Gasteiger partial charge in [-0.3, -0.25) is 4.79 Å². The van der Waals surface area contributed by atoms with Crippen molar-refractivity contribution in [1.82, 2.24) is 4.98 Å². The van der Waals surface area contributed by atoms with Crippen molar-refractivity contribution in [3.05, 3.63) is 47.7 Å². The summed E-state index contributed by atoms with van der Waals surface area (Å²) in [4.78, 5) is 15.9. The Balaban J connectivity index is 1.30. The zero-order chi connectivity index (χ0) is 29.2. The molecule has 0 amide bonds. The molecule has 1 aromatic heterocycles. The van der Waals surface area contributed by atoms with Crippen molar-refractivity contribution in [2.24, 2.45) is 51.2 Å². The molecule has 5 aliphatic rings. The third-order valence-corrected chi connectivity index (χ3v) is 15.0. The van der Waals surface area contributed by atoms with E-state index in [-0.39, 0.29) is 22.2 Å². The molecule has 41 heavy (non-hydrogen) atoms. The molecule has 1 heterocycles. The number of hydrogen-bond donors (Lipinski definition) is 1. The minimum absolute atomic E-state index is 0.122. The summed E-state index contributed by atoms with van der Waals surface area (Å²) in [5.41, 5.74) is 6.96. The lowest BCUT2D eigenvalue weighted by Crippen LogP contribution is -2.66. The average Bonchev–Trinajstić information content (AvgIpc) is 3.48. The number of para-hydroxylation sites is 1. The summed E-state index contributed by atoms with van der Waals surface area (Å²) in [7, 11) is 0. The van der Waals surface area contributed by atoms with Gasteiger partial charge in [0.25, 0.3) is 0 Å². The second kappa shape index (κ2) is 8.76. The quantitative estimate of drug-likeness (QED) is 0.303. The number of benzene rings is 1. The molecule has 0 saturated heterocycles. The van der Waals surface area contributed by atoms with Crippen molar-refractivity contribution in [3.63, 3.8) is 0 Å². The van der Waals surface area contributed by atoms with Crippen molar-refractivity contribution < 1.29 is 9.53 Å². The normalized spacial score (nSPS) is 44.2. The Morgan fingerprint density at radius 3 is 2.41 bits per heavy atom. The molecule has 7 rings (SSSR count). The highest BCUT2D eigenvalue weighted by Crippen LogP contribution is 2.77. The topological polar surface area (TPSA) is 42.1 Å². The van der Waals surface area contributed by atoms with E-state index in [1.807, 2.05) is 0 Å². The van der Waals surface area contributed by atoms with Crippen LogP contribution < -0.4 is 0 Å². The molecule has 0 bridgehead atoms. The van der Waals surface area contributed by atoms with E-state index in [0.717, 1.165) is 5.92 Å². The van der Waals surface area contributed by atoms with Crippen molar-refractivity contribution in [2.45, 2.75) is 112 Å². The predicted molar refractivity (Wildman–Crippen MR) is 168 cm³/mol. The van der Waals surface area contributed by atoms with Crippen LogP contribution in [0, 0.1) is 51.2 Å². The Hall–Kier alpha value is -2.03. The summed E-state index contributed by atoms with van der Waals surface area (Å²) in [5.74, 6) is 3.12. The Kier molecular flexibility index (Phi) is 5.94. The highest BCUT2D eigenvalue weighted by atomic mass is 16.5. The molecule has 0 radical (unpaired) electrons. The van der Waals surface area contributed by atoms with E-state index in [1.54, 1.807) is 12.5 Å². The summed E-state index contributed by atoms with van der Waals surface area (Å²) in [6.07, 6.45) is 11.4. The fourth-order valence-corrected chi connectivity index (χ4v) is 13.1. The van der Waals surface area contributed by atoms with E-state index >= 15 is 0 Å². The highest BCUT2D eigenvalue weighted by molar-refractivity contribution is 5.85. The molecule has 2 aromatic rings. The number of aromatic amines is 1. The molecule has 4 saturated carbocycles. The van der Waals surface area contributed by atoms with E-state index in [4.69, 9.17) is 4.74 Å². The van der Waals surface area contributed by atoms with Gasteiger partial charge >= 0.3 is 5.97 Å². The molecular formula is C38H53NO2. The number of rotatable bonds is 3. The van der Waals surface area contributed by atoms with E-state index in [0.29, 0.717) is 41.1 Å². The number of carbonyl (C=O) groups excluding carboxylic acids is 1. The summed E-state index contributed by atoms with van der Waals surface area (Å²) in [6, 6.07) is 9.03. The first-order valence-electron chi connectivity index (χ1n) is 16.7. The van der Waals surface area contributed by atoms with Crippen LogP contribution in [-0.4, -0.2) is 17.6 Å². The van der Waals surface area contributed by atoms with Crippen molar-refractivity contribution >= 4 is 16.9 Å². The van der Waals surface area contributed by atoms with Crippen LogP contribution in [0.25, 0.3) is 10.9 Å². The number of H-pyrrole nitrogens is 1. The minimum atomic E-state index is -0.122. The van der Waals surface area contributed by atoms with Crippen LogP contribution in [-0.2, 0) is 21.4 Å². The van der Waals surface area contributed by atoms with Crippen molar-refractivity contribution in [2.75, 3.05) is 6.61 Å². The number of ether oxygens (including phenoxy) is 1. The standard InChI is InChI=1S/C38H53NO2/c1-23(2)25-15-18-38(22-41-24(3)40)20-19-36(7)28(32(25)38)13-14-31-35(6)21-27-26-11-9-10-12-29(26)39-33(27)34(4,5)30(35)16-17-37(31,36)8/h9-12,25,28,30-32,39H,1,13-22H2,2-8H3. The van der Waals surface area contributed by atoms with Crippen LogP contribution in [0.4, 0.5) is 0 Å². The molecule has 4 fully saturated rings. The zero-order valence-corrected chi connectivity index (χ0v) is 26.8. The fraction of sp³-hybridized carbons (Fsp3) is 0.711. The number of fused-ring (bicyclic) bond motifs is 10. The summed E-state index contributed by atoms with van der Waals surface area (Å²) in [5, 5.41) is 1.45. The minimum Gasteiger partial charge on any atom is -0.465 e. The van der Waals surface area contributed by atoms with Gasteiger partial charge in [-0.05, 0) is 122 Å². The Bertz CT molecular complexity index is 1420. The first-order valence-corrected chi connectivity index (χ1v) is 16.7. The van der Waals surface area contributed by atoms with E-state index in [1.165, 1.54) is 80.0 Å². The number of esters is 1. The SMILES string of the molecule is C=C(C)C1CCC2(COC(C)=O)CCC3(C)C(CCC4C5(C)Cc6c([nH]c7ccccc67)C(C)(C)C5CCC43C)C12. The van der Waals surface area contributed by atoms with Gasteiger partial charge in [-0.2, -0.15) is 0 Å². The number of carbonyl (C=O) groups is 1. The second-order valence-corrected chi connectivity index (χ2v) is 16.8. The van der Waals surface area contributed by atoms with Gasteiger partial charge in [-0.25, -0.2) is 0 Å². The molecular weight excluding hydrogens is 502 g/mol. The van der Waals surface area contributed by atoms with Crippen LogP contribution in [0.3, 0.4) is 0 Å². The van der Waals surface area contributed by atoms with Crippen LogP contribution in [0.1, 0.15) is 111 Å². The third kappa shape index (κ3) is 3.47. The molecule has 9 atom stereocenters. The van der Waals surface area contributed by atoms with E-state index in [9.17, 15) is 4.79 Å². The van der Waals surface area contributed by atoms with Gasteiger partial charge in [0, 0.05) is 34.4 Å². The summed E-state index contributed by atoms with van der Waals surface area (Å²) < 4.78 is 5.86. The van der Waals surface area contributed by atoms with Crippen LogP contribution in [0.2, 0.25) is 0 Å². The molecule has 222 valence electrons. The molecule has 0 aliphatic heterocycles. The first-order chi connectivity index (χ1) is 19.3. The second-order valence-electron chi connectivity index (χ2n) is 16.8. The Labute approximate surface area is 248 Å². The summed E-state index contributed by atoms with van der Waals surface area (Å²) in [6.45, 7) is 22.2. The molecule has 3 nitrogen and oxygen atoms in total. The van der Waals surface area contributed by atoms with E-state index < -0.39 is 0 Å². The lowest BCUT2D eigenvalue weighted by atomic mass is 9.32. The number of allylic oxidation sites excluding steroid dienone is 1. The fourth-order valence-electron chi connectivity index (χ4n) is 13.1. The van der Waals surface area contributed by atoms with Crippen LogP contribution >= 0.6 is 0 Å². The molecule has 1 aromatic carbocycles. The molecule has 9 unspecified atom stereocenters. The number of nitrogens with one attached hydrogen (secondary N) is 1. The van der Waals surface area contributed by atoms with Crippen molar-refractivity contribution in [3.8, 4) is 0 Å². The van der Waals surface area contributed by atoms with Gasteiger partial charge in [0.1, 0.15) is 0 Å². The Morgan fingerprint density at radius 2 is 1.68 bits per heavy atom.